The number of carbonyl (C=O) groups is 1. The van der Waals surface area contributed by atoms with Crippen LogP contribution >= 0.6 is 0 Å². The van der Waals surface area contributed by atoms with E-state index in [-0.39, 0.29) is 5.78 Å². The lowest BCUT2D eigenvalue weighted by Gasteiger charge is -2.24. The second-order valence-electron chi connectivity index (χ2n) is 5.80. The Bertz CT molecular complexity index is 214. The van der Waals surface area contributed by atoms with Crippen molar-refractivity contribution >= 4 is 5.78 Å². The Kier molecular flexibility index (Phi) is 11.1. The number of carbonyl (C=O) groups excluding carboxylic acids is 1. The Hall–Kier alpha value is -0.590. The van der Waals surface area contributed by atoms with Crippen LogP contribution in [0.5, 0.6) is 0 Å². The maximum atomic E-state index is 9.69. The summed E-state index contributed by atoms with van der Waals surface area (Å²) >= 11 is 0. The van der Waals surface area contributed by atoms with Gasteiger partial charge in [0.1, 0.15) is 0 Å². The van der Waals surface area contributed by atoms with Gasteiger partial charge in [0, 0.05) is 0 Å². The lowest BCUT2D eigenvalue weighted by molar-refractivity contribution is -0.112. The van der Waals surface area contributed by atoms with E-state index in [1.807, 2.05) is 0 Å². The Labute approximate surface area is 114 Å². The first kappa shape index (κ1) is 17.4. The monoisotopic (exact) mass is 252 g/mol. The molecule has 0 N–H and O–H groups in total. The summed E-state index contributed by atoms with van der Waals surface area (Å²) in [6.07, 6.45) is 14.6. The molecule has 1 unspecified atom stereocenters. The van der Waals surface area contributed by atoms with Crippen LogP contribution in [0.2, 0.25) is 0 Å². The van der Waals surface area contributed by atoms with Crippen LogP contribution in [0.25, 0.3) is 0 Å². The molecule has 0 aromatic heterocycles. The number of allylic oxidation sites excluding steroid dienone is 1. The van der Waals surface area contributed by atoms with Gasteiger partial charge in [-0.2, -0.15) is 0 Å². The van der Waals surface area contributed by atoms with Crippen LogP contribution in [-0.2, 0) is 4.79 Å². The van der Waals surface area contributed by atoms with Crippen molar-refractivity contribution in [2.45, 2.75) is 78.6 Å². The molecule has 1 saturated carbocycles. The topological polar surface area (TPSA) is 17.1 Å². The molecule has 18 heavy (non-hydrogen) atoms. The van der Waals surface area contributed by atoms with Crippen LogP contribution in [0.15, 0.2) is 12.7 Å². The molecule has 0 aromatic rings. The van der Waals surface area contributed by atoms with E-state index in [1.165, 1.54) is 70.8 Å². The third-order valence-corrected chi connectivity index (χ3v) is 3.80. The van der Waals surface area contributed by atoms with Crippen molar-refractivity contribution in [3.8, 4) is 0 Å². The van der Waals surface area contributed by atoms with E-state index in [4.69, 9.17) is 0 Å². The lowest BCUT2D eigenvalue weighted by atomic mass is 9.82. The van der Waals surface area contributed by atoms with Gasteiger partial charge in [0.25, 0.3) is 0 Å². The first-order chi connectivity index (χ1) is 8.60. The summed E-state index contributed by atoms with van der Waals surface area (Å²) in [6.45, 7) is 9.42. The van der Waals surface area contributed by atoms with E-state index in [9.17, 15) is 4.79 Å². The quantitative estimate of drug-likeness (QED) is 0.567. The summed E-state index contributed by atoms with van der Waals surface area (Å²) in [5.74, 6) is 2.09. The van der Waals surface area contributed by atoms with Crippen molar-refractivity contribution in [1.29, 1.82) is 0 Å². The van der Waals surface area contributed by atoms with Gasteiger partial charge in [-0.25, -0.2) is 0 Å². The van der Waals surface area contributed by atoms with Crippen LogP contribution in [-0.4, -0.2) is 5.78 Å². The van der Waals surface area contributed by atoms with E-state index in [0.29, 0.717) is 0 Å². The molecule has 0 amide bonds. The molecule has 1 rings (SSSR count). The molecule has 106 valence electrons. The Morgan fingerprint density at radius 3 is 2.33 bits per heavy atom. The molecule has 0 radical (unpaired) electrons. The largest absolute Gasteiger partial charge is 0.295 e. The molecule has 1 heteroatoms. The van der Waals surface area contributed by atoms with Gasteiger partial charge in [-0.3, -0.25) is 4.79 Å². The van der Waals surface area contributed by atoms with E-state index in [2.05, 4.69) is 20.4 Å². The van der Waals surface area contributed by atoms with Gasteiger partial charge in [-0.1, -0.05) is 71.8 Å². The van der Waals surface area contributed by atoms with Crippen molar-refractivity contribution in [2.24, 2.45) is 11.8 Å². The average molecular weight is 252 g/mol. The third kappa shape index (κ3) is 10.6. The van der Waals surface area contributed by atoms with Crippen molar-refractivity contribution in [2.75, 3.05) is 0 Å². The molecule has 0 bridgehead atoms. The smallest absolute Gasteiger partial charge is 0.152 e. The zero-order chi connectivity index (χ0) is 13.8. The molecule has 0 aliphatic heterocycles. The maximum absolute atomic E-state index is 9.69. The first-order valence-corrected chi connectivity index (χ1v) is 7.73. The molecular weight excluding hydrogens is 220 g/mol. The van der Waals surface area contributed by atoms with E-state index in [1.54, 1.807) is 0 Å². The minimum Gasteiger partial charge on any atom is -0.295 e. The molecule has 0 spiro atoms. The highest BCUT2D eigenvalue weighted by molar-refractivity contribution is 5.86. The zero-order valence-corrected chi connectivity index (χ0v) is 12.7. The fourth-order valence-electron chi connectivity index (χ4n) is 2.66. The van der Waals surface area contributed by atoms with Gasteiger partial charge >= 0.3 is 0 Å². The number of hydrogen-bond acceptors (Lipinski definition) is 1. The van der Waals surface area contributed by atoms with Crippen LogP contribution in [0.3, 0.4) is 0 Å². The lowest BCUT2D eigenvalue weighted by Crippen LogP contribution is -2.10. The zero-order valence-electron chi connectivity index (χ0n) is 12.7. The summed E-state index contributed by atoms with van der Waals surface area (Å²) < 4.78 is 0. The van der Waals surface area contributed by atoms with Crippen LogP contribution < -0.4 is 0 Å². The van der Waals surface area contributed by atoms with Gasteiger partial charge < -0.3 is 0 Å². The summed E-state index contributed by atoms with van der Waals surface area (Å²) in [7, 11) is 0. The third-order valence-electron chi connectivity index (χ3n) is 3.80. The van der Waals surface area contributed by atoms with Gasteiger partial charge in [0.15, 0.2) is 5.78 Å². The Morgan fingerprint density at radius 2 is 1.89 bits per heavy atom. The van der Waals surface area contributed by atoms with Crippen molar-refractivity contribution in [3.05, 3.63) is 12.7 Å². The van der Waals surface area contributed by atoms with Crippen molar-refractivity contribution < 1.29 is 4.79 Å². The highest BCUT2D eigenvalue weighted by atomic mass is 16.1. The van der Waals surface area contributed by atoms with Crippen molar-refractivity contribution in [1.82, 2.24) is 0 Å². The predicted molar refractivity (Wildman–Crippen MR) is 80.8 cm³/mol. The van der Waals surface area contributed by atoms with Gasteiger partial charge in [0.05, 0.1) is 0 Å². The van der Waals surface area contributed by atoms with Crippen LogP contribution in [0, 0.1) is 11.8 Å². The standard InChI is InChI=1S/C13H26.C4H6O/c1-3-4-8-12(2)11-13-9-6-5-7-10-13;1-3-4(2)5/h12-13H,3-11H2,1-2H3;3H,1H2,2H3. The summed E-state index contributed by atoms with van der Waals surface area (Å²) in [5.41, 5.74) is 0. The molecule has 0 aromatic carbocycles. The molecular formula is C17H32O. The van der Waals surface area contributed by atoms with E-state index in [0.717, 1.165) is 11.8 Å². The highest BCUT2D eigenvalue weighted by Gasteiger charge is 2.15. The Balaban J connectivity index is 0.000000494. The SMILES string of the molecule is C=CC(C)=O.CCCCC(C)CC1CCCCC1. The minimum absolute atomic E-state index is 0.0185. The second-order valence-corrected chi connectivity index (χ2v) is 5.80. The molecule has 1 atom stereocenters. The van der Waals surface area contributed by atoms with Crippen LogP contribution in [0.4, 0.5) is 0 Å². The molecule has 0 heterocycles. The maximum Gasteiger partial charge on any atom is 0.152 e. The van der Waals surface area contributed by atoms with Gasteiger partial charge in [-0.15, -0.1) is 0 Å². The first-order valence-electron chi connectivity index (χ1n) is 7.73. The second kappa shape index (κ2) is 11.5. The number of ketones is 1. The summed E-state index contributed by atoms with van der Waals surface area (Å²) in [5, 5.41) is 0. The minimum atomic E-state index is 0.0185. The summed E-state index contributed by atoms with van der Waals surface area (Å²) in [6, 6.07) is 0. The molecule has 1 aliphatic carbocycles. The van der Waals surface area contributed by atoms with Gasteiger partial charge in [-0.05, 0) is 31.3 Å². The predicted octanol–water partition coefficient (Wildman–Crippen LogP) is 5.54. The van der Waals surface area contributed by atoms with Gasteiger partial charge in [0.2, 0.25) is 0 Å². The molecule has 0 saturated heterocycles. The summed E-state index contributed by atoms with van der Waals surface area (Å²) in [4.78, 5) is 9.69. The van der Waals surface area contributed by atoms with E-state index < -0.39 is 0 Å². The molecule has 1 fully saturated rings. The molecule has 1 nitrogen and oxygen atoms in total. The number of rotatable bonds is 6. The fourth-order valence-corrected chi connectivity index (χ4v) is 2.66. The fraction of sp³-hybridized carbons (Fsp3) is 0.824. The Morgan fingerprint density at radius 1 is 1.33 bits per heavy atom. The van der Waals surface area contributed by atoms with Crippen molar-refractivity contribution in [3.63, 3.8) is 0 Å². The number of hydrogen-bond donors (Lipinski definition) is 0. The number of unbranched alkanes of at least 4 members (excludes halogenated alkanes) is 1. The van der Waals surface area contributed by atoms with Crippen LogP contribution in [0.1, 0.15) is 78.6 Å². The molecule has 1 aliphatic rings. The van der Waals surface area contributed by atoms with E-state index >= 15 is 0 Å². The highest BCUT2D eigenvalue weighted by Crippen LogP contribution is 2.30. The average Bonchev–Trinajstić information content (AvgIpc) is 2.38. The normalized spacial score (nSPS) is 17.5.